The van der Waals surface area contributed by atoms with E-state index in [2.05, 4.69) is 10.3 Å². The van der Waals surface area contributed by atoms with Crippen LogP contribution < -0.4 is 15.0 Å². The van der Waals surface area contributed by atoms with Crippen LogP contribution in [0, 0.1) is 17.0 Å². The summed E-state index contributed by atoms with van der Waals surface area (Å²) in [6, 6.07) is 6.05. The average Bonchev–Trinajstić information content (AvgIpc) is 2.94. The van der Waals surface area contributed by atoms with Crippen LogP contribution in [0.4, 0.5) is 20.2 Å². The van der Waals surface area contributed by atoms with Gasteiger partial charge in [0, 0.05) is 18.4 Å². The van der Waals surface area contributed by atoms with Crippen LogP contribution in [0.1, 0.15) is 27.2 Å². The second-order valence-electron chi connectivity index (χ2n) is 8.16. The molecule has 29 heavy (non-hydrogen) atoms. The number of amides is 1. The summed E-state index contributed by atoms with van der Waals surface area (Å²) in [7, 11) is 1.29. The maximum Gasteiger partial charge on any atom is 0.249 e. The van der Waals surface area contributed by atoms with Crippen molar-refractivity contribution in [3.63, 3.8) is 0 Å². The lowest BCUT2D eigenvalue weighted by Gasteiger charge is -2.36. The van der Waals surface area contributed by atoms with Gasteiger partial charge in [-0.25, -0.2) is 9.37 Å². The van der Waals surface area contributed by atoms with Gasteiger partial charge in [-0.15, -0.1) is 11.8 Å². The summed E-state index contributed by atoms with van der Waals surface area (Å²) in [6.07, 6.45) is 4.08. The molecule has 8 heteroatoms. The first kappa shape index (κ1) is 21.4. The van der Waals surface area contributed by atoms with Crippen LogP contribution in [0.15, 0.2) is 35.5 Å². The van der Waals surface area contributed by atoms with Crippen LogP contribution in [-0.4, -0.2) is 36.3 Å². The molecule has 0 spiro atoms. The molecule has 2 heterocycles. The Morgan fingerprint density at radius 1 is 1.28 bits per heavy atom. The molecular weight excluding hydrogens is 396 g/mol. The molecule has 3 rings (SSSR count). The molecule has 1 aliphatic rings. The number of nitrogens with one attached hydrogen (secondary N) is 1. The minimum atomic E-state index is -1.06. The second-order valence-corrected chi connectivity index (χ2v) is 8.98. The zero-order chi connectivity index (χ0) is 21.4. The minimum absolute atomic E-state index is 0.199. The summed E-state index contributed by atoms with van der Waals surface area (Å²) >= 11 is 1.48. The Hall–Kier alpha value is -2.35. The minimum Gasteiger partial charge on any atom is -0.491 e. The van der Waals surface area contributed by atoms with Crippen molar-refractivity contribution in [1.82, 2.24) is 4.98 Å². The largest absolute Gasteiger partial charge is 0.491 e. The first-order valence-corrected chi connectivity index (χ1v) is 10.4. The van der Waals surface area contributed by atoms with Crippen molar-refractivity contribution >= 4 is 29.0 Å². The highest BCUT2D eigenvalue weighted by Gasteiger charge is 2.52. The summed E-state index contributed by atoms with van der Waals surface area (Å²) in [5.41, 5.74) is -0.208. The number of rotatable bonds is 5. The second kappa shape index (κ2) is 7.82. The lowest BCUT2D eigenvalue weighted by molar-refractivity contribution is -0.120. The van der Waals surface area contributed by atoms with E-state index in [9.17, 15) is 13.6 Å². The maximum atomic E-state index is 14.4. The predicted octanol–water partition coefficient (Wildman–Crippen LogP) is 4.72. The van der Waals surface area contributed by atoms with Crippen molar-refractivity contribution in [3.05, 3.63) is 42.1 Å². The molecule has 1 saturated heterocycles. The van der Waals surface area contributed by atoms with Gasteiger partial charge < -0.3 is 15.0 Å². The molecule has 1 N–H and O–H groups in total. The van der Waals surface area contributed by atoms with E-state index in [4.69, 9.17) is 4.74 Å². The zero-order valence-corrected chi connectivity index (χ0v) is 18.0. The first-order valence-electron chi connectivity index (χ1n) is 9.22. The number of benzene rings is 1. The van der Waals surface area contributed by atoms with Crippen LogP contribution in [0.3, 0.4) is 0 Å². The summed E-state index contributed by atoms with van der Waals surface area (Å²) in [4.78, 5) is 19.4. The molecule has 1 amide bonds. The molecule has 1 atom stereocenters. The summed E-state index contributed by atoms with van der Waals surface area (Å²) in [5.74, 6) is -2.48. The molecule has 2 aromatic rings. The number of hydrogen-bond donors (Lipinski definition) is 1. The molecule has 1 aliphatic heterocycles. The van der Waals surface area contributed by atoms with Crippen LogP contribution >= 0.6 is 11.8 Å². The number of aromatic nitrogens is 1. The Morgan fingerprint density at radius 2 is 2.00 bits per heavy atom. The van der Waals surface area contributed by atoms with Crippen LogP contribution in [0.25, 0.3) is 0 Å². The molecule has 0 aliphatic carbocycles. The van der Waals surface area contributed by atoms with Gasteiger partial charge in [0.25, 0.3) is 0 Å². The van der Waals surface area contributed by atoms with E-state index in [1.165, 1.54) is 24.9 Å². The molecule has 1 aromatic heterocycles. The average molecular weight is 422 g/mol. The van der Waals surface area contributed by atoms with Crippen molar-refractivity contribution in [3.8, 4) is 5.75 Å². The van der Waals surface area contributed by atoms with Crippen molar-refractivity contribution in [2.75, 3.05) is 30.1 Å². The Morgan fingerprint density at radius 3 is 2.66 bits per heavy atom. The number of carbonyl (C=O) groups excluding carboxylic acids is 1. The fraction of sp³-hybridized carbons (Fsp3) is 0.429. The van der Waals surface area contributed by atoms with E-state index in [1.54, 1.807) is 23.2 Å². The zero-order valence-electron chi connectivity index (χ0n) is 17.2. The predicted molar refractivity (Wildman–Crippen MR) is 112 cm³/mol. The highest BCUT2D eigenvalue weighted by atomic mass is 32.2. The van der Waals surface area contributed by atoms with E-state index in [0.717, 1.165) is 11.1 Å². The topological polar surface area (TPSA) is 54.5 Å². The third-order valence-corrected chi connectivity index (χ3v) is 5.86. The van der Waals surface area contributed by atoms with Crippen LogP contribution in [-0.2, 0) is 4.79 Å². The van der Waals surface area contributed by atoms with Gasteiger partial charge in [0.15, 0.2) is 11.6 Å². The number of nitrogens with zero attached hydrogens (tertiary/aromatic N) is 2. The first-order chi connectivity index (χ1) is 13.6. The summed E-state index contributed by atoms with van der Waals surface area (Å²) < 4.78 is 33.2. The van der Waals surface area contributed by atoms with E-state index in [1.807, 2.05) is 27.0 Å². The van der Waals surface area contributed by atoms with E-state index in [0.29, 0.717) is 24.3 Å². The Bertz CT molecular complexity index is 938. The van der Waals surface area contributed by atoms with Crippen molar-refractivity contribution in [1.29, 1.82) is 0 Å². The van der Waals surface area contributed by atoms with Crippen molar-refractivity contribution in [2.45, 2.75) is 37.8 Å². The highest BCUT2D eigenvalue weighted by Crippen LogP contribution is 2.47. The number of halogens is 2. The molecule has 0 radical (unpaired) electrons. The van der Waals surface area contributed by atoms with Gasteiger partial charge in [0.2, 0.25) is 11.7 Å². The van der Waals surface area contributed by atoms with Gasteiger partial charge in [0.05, 0.1) is 17.8 Å². The van der Waals surface area contributed by atoms with E-state index in [-0.39, 0.29) is 17.1 Å². The Kier molecular flexibility index (Phi) is 5.76. The Labute approximate surface area is 173 Å². The number of carbonyl (C=O) groups is 1. The molecule has 156 valence electrons. The molecule has 5 nitrogen and oxygen atoms in total. The SMILES string of the molecule is COc1c(N2CC(C)(C)CC2(C)C(=O)Nc2ccnc(SC)c2)ccc(F)c1F. The lowest BCUT2D eigenvalue weighted by Crippen LogP contribution is -2.51. The number of anilines is 2. The van der Waals surface area contributed by atoms with Gasteiger partial charge >= 0.3 is 0 Å². The van der Waals surface area contributed by atoms with Gasteiger partial charge in [-0.1, -0.05) is 13.8 Å². The molecule has 1 unspecified atom stereocenters. The standard InChI is InChI=1S/C21H25F2N3O2S/c1-20(2)11-21(3,19(27)25-13-8-9-24-16(10-13)29-5)26(12-20)15-7-6-14(22)17(23)18(15)28-4/h6-10H,11-12H2,1-5H3,(H,24,25,27). The van der Waals surface area contributed by atoms with Crippen LogP contribution in [0.2, 0.25) is 0 Å². The summed E-state index contributed by atoms with van der Waals surface area (Å²) in [6.45, 7) is 6.39. The lowest BCUT2D eigenvalue weighted by atomic mass is 9.84. The normalized spacial score (nSPS) is 20.6. The molecule has 1 aromatic carbocycles. The number of thioether (sulfide) groups is 1. The van der Waals surface area contributed by atoms with E-state index < -0.39 is 17.2 Å². The van der Waals surface area contributed by atoms with Gasteiger partial charge in [0.1, 0.15) is 5.54 Å². The molecular formula is C21H25F2N3O2S. The monoisotopic (exact) mass is 421 g/mol. The fourth-order valence-electron chi connectivity index (χ4n) is 4.03. The molecule has 0 saturated carbocycles. The van der Waals surface area contributed by atoms with E-state index >= 15 is 0 Å². The van der Waals surface area contributed by atoms with Gasteiger partial charge in [-0.3, -0.25) is 4.79 Å². The number of ether oxygens (including phenoxy) is 1. The third kappa shape index (κ3) is 4.03. The number of pyridine rings is 1. The Balaban J connectivity index is 2.01. The smallest absolute Gasteiger partial charge is 0.249 e. The number of hydrogen-bond acceptors (Lipinski definition) is 5. The molecule has 0 bridgehead atoms. The fourth-order valence-corrected chi connectivity index (χ4v) is 4.44. The quantitative estimate of drug-likeness (QED) is 0.708. The van der Waals surface area contributed by atoms with Crippen molar-refractivity contribution < 1.29 is 18.3 Å². The van der Waals surface area contributed by atoms with Crippen LogP contribution in [0.5, 0.6) is 5.75 Å². The third-order valence-electron chi connectivity index (χ3n) is 5.22. The number of methoxy groups -OCH3 is 1. The van der Waals surface area contributed by atoms with Gasteiger partial charge in [-0.05, 0) is 49.3 Å². The highest BCUT2D eigenvalue weighted by molar-refractivity contribution is 7.98. The van der Waals surface area contributed by atoms with Crippen molar-refractivity contribution in [2.24, 2.45) is 5.41 Å². The molecule has 1 fully saturated rings. The summed E-state index contributed by atoms with van der Waals surface area (Å²) in [5, 5.41) is 3.75. The van der Waals surface area contributed by atoms with Gasteiger partial charge in [-0.2, -0.15) is 4.39 Å². The maximum absolute atomic E-state index is 14.4.